The second-order valence-electron chi connectivity index (χ2n) is 1.89. The Bertz CT molecular complexity index is 219. The molecule has 0 spiro atoms. The molecule has 62 valence electrons. The van der Waals surface area contributed by atoms with Gasteiger partial charge >= 0.3 is 0 Å². The lowest BCUT2D eigenvalue weighted by Gasteiger charge is -1.94. The summed E-state index contributed by atoms with van der Waals surface area (Å²) in [6.45, 7) is 5.92. The van der Waals surface area contributed by atoms with Crippen LogP contribution < -0.4 is 0 Å². The lowest BCUT2D eigenvalue weighted by Crippen LogP contribution is -1.72. The molecule has 0 aliphatic carbocycles. The number of hydrogen-bond acceptors (Lipinski definition) is 0. The minimum Gasteiger partial charge on any atom is -0.0843 e. The monoisotopic (exact) mass is 190 g/mol. The van der Waals surface area contributed by atoms with Gasteiger partial charge in [0.1, 0.15) is 0 Å². The fourth-order valence-corrected chi connectivity index (χ4v) is 0.952. The number of halogens is 2. The van der Waals surface area contributed by atoms with Crippen LogP contribution in [0.25, 0.3) is 0 Å². The Hall–Kier alpha value is -0.200. The summed E-state index contributed by atoms with van der Waals surface area (Å²) in [7, 11) is 0. The van der Waals surface area contributed by atoms with Gasteiger partial charge in [-0.1, -0.05) is 37.0 Å². The van der Waals surface area contributed by atoms with Crippen LogP contribution in [0.3, 0.4) is 0 Å². The van der Waals surface area contributed by atoms with Gasteiger partial charge in [0, 0.05) is 10.0 Å². The molecule has 0 heterocycles. The lowest BCUT2D eigenvalue weighted by atomic mass is 10.2. The number of rotatable bonds is 0. The third-order valence-electron chi connectivity index (χ3n) is 1.12. The van der Waals surface area contributed by atoms with Crippen LogP contribution in [0.1, 0.15) is 19.4 Å². The van der Waals surface area contributed by atoms with E-state index in [1.165, 1.54) is 0 Å². The van der Waals surface area contributed by atoms with Crippen LogP contribution in [0.4, 0.5) is 0 Å². The van der Waals surface area contributed by atoms with Gasteiger partial charge in [-0.2, -0.15) is 0 Å². The van der Waals surface area contributed by atoms with Gasteiger partial charge < -0.3 is 0 Å². The molecule has 0 saturated carbocycles. The molecular formula is C9H12Cl2. The normalized spacial score (nSPS) is 8.45. The molecule has 0 amide bonds. The molecule has 0 nitrogen and oxygen atoms in total. The summed E-state index contributed by atoms with van der Waals surface area (Å²) in [6, 6.07) is 5.40. The van der Waals surface area contributed by atoms with Gasteiger partial charge in [0.25, 0.3) is 0 Å². The van der Waals surface area contributed by atoms with E-state index in [1.54, 1.807) is 12.1 Å². The summed E-state index contributed by atoms with van der Waals surface area (Å²) >= 11 is 11.4. The summed E-state index contributed by atoms with van der Waals surface area (Å²) in [5.74, 6) is 0. The molecule has 0 unspecified atom stereocenters. The van der Waals surface area contributed by atoms with E-state index in [1.807, 2.05) is 26.8 Å². The lowest BCUT2D eigenvalue weighted by molar-refractivity contribution is 1.47. The Labute approximate surface area is 78.1 Å². The van der Waals surface area contributed by atoms with Gasteiger partial charge in [0.2, 0.25) is 0 Å². The maximum Gasteiger partial charge on any atom is 0.0436 e. The van der Waals surface area contributed by atoms with Crippen molar-refractivity contribution in [2.45, 2.75) is 20.8 Å². The first-order valence-corrected chi connectivity index (χ1v) is 4.37. The molecule has 0 fully saturated rings. The van der Waals surface area contributed by atoms with Gasteiger partial charge in [-0.3, -0.25) is 0 Å². The fourth-order valence-electron chi connectivity index (χ4n) is 0.608. The Balaban J connectivity index is 0.000000461. The van der Waals surface area contributed by atoms with Crippen molar-refractivity contribution in [3.63, 3.8) is 0 Å². The zero-order chi connectivity index (χ0) is 8.85. The average Bonchev–Trinajstić information content (AvgIpc) is 2.02. The van der Waals surface area contributed by atoms with Crippen molar-refractivity contribution in [1.82, 2.24) is 0 Å². The standard InChI is InChI=1S/C7H6Cl2.C2H6/c1-5-4-6(8)2-3-7(5)9;1-2/h2-4H,1H3;1-2H3. The molecule has 0 aliphatic heterocycles. The van der Waals surface area contributed by atoms with Crippen LogP contribution >= 0.6 is 23.2 Å². The zero-order valence-corrected chi connectivity index (χ0v) is 8.50. The van der Waals surface area contributed by atoms with Gasteiger partial charge in [0.15, 0.2) is 0 Å². The molecule has 0 radical (unpaired) electrons. The van der Waals surface area contributed by atoms with Gasteiger partial charge in [-0.05, 0) is 30.7 Å². The summed E-state index contributed by atoms with van der Waals surface area (Å²) in [4.78, 5) is 0. The highest BCUT2D eigenvalue weighted by Gasteiger charge is 1.92. The molecule has 11 heavy (non-hydrogen) atoms. The number of aryl methyl sites for hydroxylation is 1. The summed E-state index contributed by atoms with van der Waals surface area (Å²) < 4.78 is 0. The fraction of sp³-hybridized carbons (Fsp3) is 0.333. The molecule has 0 N–H and O–H groups in total. The van der Waals surface area contributed by atoms with Crippen LogP contribution in [-0.2, 0) is 0 Å². The van der Waals surface area contributed by atoms with E-state index in [-0.39, 0.29) is 0 Å². The zero-order valence-electron chi connectivity index (χ0n) is 6.99. The minimum atomic E-state index is 0.733. The molecule has 0 bridgehead atoms. The van der Waals surface area contributed by atoms with E-state index < -0.39 is 0 Å². The highest BCUT2D eigenvalue weighted by atomic mass is 35.5. The minimum absolute atomic E-state index is 0.733. The van der Waals surface area contributed by atoms with E-state index in [0.717, 1.165) is 15.6 Å². The Morgan fingerprint density at radius 2 is 1.64 bits per heavy atom. The predicted molar refractivity (Wildman–Crippen MR) is 52.5 cm³/mol. The van der Waals surface area contributed by atoms with Crippen LogP contribution in [0.2, 0.25) is 10.0 Å². The third-order valence-corrected chi connectivity index (χ3v) is 1.78. The molecule has 1 aromatic carbocycles. The summed E-state index contributed by atoms with van der Waals surface area (Å²) in [5, 5.41) is 1.50. The topological polar surface area (TPSA) is 0 Å². The summed E-state index contributed by atoms with van der Waals surface area (Å²) in [6.07, 6.45) is 0. The molecular weight excluding hydrogens is 179 g/mol. The first-order chi connectivity index (χ1) is 5.20. The van der Waals surface area contributed by atoms with Crippen LogP contribution in [0.5, 0.6) is 0 Å². The predicted octanol–water partition coefficient (Wildman–Crippen LogP) is 4.33. The molecule has 0 aromatic heterocycles. The van der Waals surface area contributed by atoms with E-state index in [4.69, 9.17) is 23.2 Å². The second kappa shape index (κ2) is 5.45. The Morgan fingerprint density at radius 1 is 1.09 bits per heavy atom. The molecule has 0 aliphatic rings. The molecule has 0 saturated heterocycles. The third kappa shape index (κ3) is 3.64. The highest BCUT2D eigenvalue weighted by Crippen LogP contribution is 2.18. The van der Waals surface area contributed by atoms with Gasteiger partial charge in [-0.15, -0.1) is 0 Å². The highest BCUT2D eigenvalue weighted by molar-refractivity contribution is 6.33. The molecule has 1 aromatic rings. The van der Waals surface area contributed by atoms with E-state index in [9.17, 15) is 0 Å². The maximum absolute atomic E-state index is 5.72. The van der Waals surface area contributed by atoms with Crippen molar-refractivity contribution >= 4 is 23.2 Å². The molecule has 0 atom stereocenters. The maximum atomic E-state index is 5.72. The largest absolute Gasteiger partial charge is 0.0843 e. The SMILES string of the molecule is CC.Cc1cc(Cl)ccc1Cl. The first kappa shape index (κ1) is 10.8. The average molecular weight is 191 g/mol. The number of hydrogen-bond donors (Lipinski definition) is 0. The van der Waals surface area contributed by atoms with Crippen LogP contribution in [0, 0.1) is 6.92 Å². The van der Waals surface area contributed by atoms with E-state index >= 15 is 0 Å². The number of benzene rings is 1. The van der Waals surface area contributed by atoms with Crippen molar-refractivity contribution < 1.29 is 0 Å². The first-order valence-electron chi connectivity index (χ1n) is 3.62. The quantitative estimate of drug-likeness (QED) is 0.572. The van der Waals surface area contributed by atoms with Crippen molar-refractivity contribution in [1.29, 1.82) is 0 Å². The molecule has 1 rings (SSSR count). The van der Waals surface area contributed by atoms with E-state index in [0.29, 0.717) is 0 Å². The van der Waals surface area contributed by atoms with Crippen molar-refractivity contribution in [3.8, 4) is 0 Å². The van der Waals surface area contributed by atoms with Crippen molar-refractivity contribution in [2.75, 3.05) is 0 Å². The van der Waals surface area contributed by atoms with E-state index in [2.05, 4.69) is 0 Å². The Kier molecular flexibility index (Phi) is 5.35. The van der Waals surface area contributed by atoms with Crippen LogP contribution in [0.15, 0.2) is 18.2 Å². The Morgan fingerprint density at radius 3 is 2.00 bits per heavy atom. The van der Waals surface area contributed by atoms with Crippen LogP contribution in [-0.4, -0.2) is 0 Å². The second-order valence-corrected chi connectivity index (χ2v) is 2.74. The smallest absolute Gasteiger partial charge is 0.0436 e. The van der Waals surface area contributed by atoms with Gasteiger partial charge in [0.05, 0.1) is 0 Å². The van der Waals surface area contributed by atoms with Crippen molar-refractivity contribution in [2.24, 2.45) is 0 Å². The molecule has 2 heteroatoms. The van der Waals surface area contributed by atoms with Gasteiger partial charge in [-0.25, -0.2) is 0 Å². The van der Waals surface area contributed by atoms with Crippen molar-refractivity contribution in [3.05, 3.63) is 33.8 Å². The summed E-state index contributed by atoms with van der Waals surface area (Å²) in [5.41, 5.74) is 1.02.